The Balaban J connectivity index is 1.30. The van der Waals surface area contributed by atoms with Crippen LogP contribution in [-0.2, 0) is 4.74 Å². The van der Waals surface area contributed by atoms with Gasteiger partial charge in [-0.25, -0.2) is 0 Å². The maximum absolute atomic E-state index is 13.0. The zero-order chi connectivity index (χ0) is 25.6. The minimum Gasteiger partial charge on any atom is -0.486 e. The fourth-order valence-electron chi connectivity index (χ4n) is 4.98. The number of amides is 1. The second-order valence-corrected chi connectivity index (χ2v) is 9.92. The molecule has 3 aromatic rings. The Morgan fingerprint density at radius 1 is 1.03 bits per heavy atom. The second-order valence-electron chi connectivity index (χ2n) is 9.92. The Labute approximate surface area is 219 Å². The molecule has 0 bridgehead atoms. The molecule has 6 nitrogen and oxygen atoms in total. The standard InChI is InChI=1S/C31H35N3O3/c1-21-3-5-24(6-4-21)30(26-11-14-32-15-12-26)25-9-7-23(8-10-25)22(2)34-31(35)27-17-29(19-33-18-27)37-28-13-16-36-20-28/h3-10,17-19,22,28,32H,11-16,20H2,1-2H3,(H,34,35)/t22-,28-/m1/s1. The fourth-order valence-corrected chi connectivity index (χ4v) is 4.98. The summed E-state index contributed by atoms with van der Waals surface area (Å²) in [6, 6.07) is 19.0. The molecule has 192 valence electrons. The van der Waals surface area contributed by atoms with Gasteiger partial charge in [-0.1, -0.05) is 59.7 Å². The zero-order valence-corrected chi connectivity index (χ0v) is 21.6. The van der Waals surface area contributed by atoms with Gasteiger partial charge >= 0.3 is 0 Å². The number of carbonyl (C=O) groups excluding carboxylic acids is 1. The monoisotopic (exact) mass is 497 g/mol. The molecular formula is C31H35N3O3. The van der Waals surface area contributed by atoms with E-state index < -0.39 is 0 Å². The Hall–Kier alpha value is -3.48. The molecule has 0 unspecified atom stereocenters. The highest BCUT2D eigenvalue weighted by Crippen LogP contribution is 2.32. The molecule has 2 aromatic carbocycles. The molecule has 37 heavy (non-hydrogen) atoms. The lowest BCUT2D eigenvalue weighted by molar-refractivity contribution is 0.0938. The van der Waals surface area contributed by atoms with Crippen molar-refractivity contribution in [3.05, 3.63) is 100 Å². The number of nitrogens with zero attached hydrogens (tertiary/aromatic N) is 1. The van der Waals surface area contributed by atoms with Gasteiger partial charge in [0.1, 0.15) is 11.9 Å². The predicted molar refractivity (Wildman–Crippen MR) is 146 cm³/mol. The highest BCUT2D eigenvalue weighted by Gasteiger charge is 2.19. The van der Waals surface area contributed by atoms with Crippen molar-refractivity contribution < 1.29 is 14.3 Å². The van der Waals surface area contributed by atoms with E-state index in [-0.39, 0.29) is 18.1 Å². The minimum absolute atomic E-state index is 0.0159. The third-order valence-electron chi connectivity index (χ3n) is 7.11. The summed E-state index contributed by atoms with van der Waals surface area (Å²) >= 11 is 0. The average Bonchev–Trinajstić information content (AvgIpc) is 3.44. The summed E-state index contributed by atoms with van der Waals surface area (Å²) in [5, 5.41) is 6.57. The molecule has 1 aromatic heterocycles. The molecule has 1 amide bonds. The predicted octanol–water partition coefficient (Wildman–Crippen LogP) is 5.23. The van der Waals surface area contributed by atoms with Gasteiger partial charge in [-0.05, 0) is 68.1 Å². The van der Waals surface area contributed by atoms with Gasteiger partial charge in [0.15, 0.2) is 0 Å². The molecule has 6 heteroatoms. The summed E-state index contributed by atoms with van der Waals surface area (Å²) in [6.45, 7) is 7.43. The molecular weight excluding hydrogens is 462 g/mol. The normalized spacial score (nSPS) is 18.3. The van der Waals surface area contributed by atoms with Crippen LogP contribution in [0.15, 0.2) is 72.6 Å². The average molecular weight is 498 g/mol. The van der Waals surface area contributed by atoms with Gasteiger partial charge in [-0.3, -0.25) is 9.78 Å². The van der Waals surface area contributed by atoms with Crippen LogP contribution in [-0.4, -0.2) is 43.3 Å². The number of rotatable bonds is 7. The van der Waals surface area contributed by atoms with Gasteiger partial charge in [-0.2, -0.15) is 0 Å². The topological polar surface area (TPSA) is 72.5 Å². The summed E-state index contributed by atoms with van der Waals surface area (Å²) in [5.41, 5.74) is 8.11. The van der Waals surface area contributed by atoms with Crippen molar-refractivity contribution in [2.45, 2.75) is 45.3 Å². The first-order chi connectivity index (χ1) is 18.1. The van der Waals surface area contributed by atoms with E-state index in [2.05, 4.69) is 71.1 Å². The maximum Gasteiger partial charge on any atom is 0.253 e. The van der Waals surface area contributed by atoms with Crippen molar-refractivity contribution in [2.75, 3.05) is 26.3 Å². The van der Waals surface area contributed by atoms with Crippen LogP contribution in [0.5, 0.6) is 5.75 Å². The van der Waals surface area contributed by atoms with Crippen LogP contribution in [0, 0.1) is 6.92 Å². The highest BCUT2D eigenvalue weighted by molar-refractivity contribution is 5.94. The highest BCUT2D eigenvalue weighted by atomic mass is 16.5. The molecule has 2 aliphatic rings. The lowest BCUT2D eigenvalue weighted by Crippen LogP contribution is -2.27. The molecule has 2 fully saturated rings. The van der Waals surface area contributed by atoms with Crippen molar-refractivity contribution in [3.63, 3.8) is 0 Å². The Morgan fingerprint density at radius 3 is 2.41 bits per heavy atom. The first kappa shape index (κ1) is 25.2. The van der Waals surface area contributed by atoms with E-state index in [1.54, 1.807) is 18.5 Å². The lowest BCUT2D eigenvalue weighted by Gasteiger charge is -2.22. The molecule has 2 atom stereocenters. The first-order valence-electron chi connectivity index (χ1n) is 13.2. The van der Waals surface area contributed by atoms with E-state index in [0.717, 1.165) is 37.9 Å². The quantitative estimate of drug-likeness (QED) is 0.467. The number of nitrogens with one attached hydrogen (secondary N) is 2. The zero-order valence-electron chi connectivity index (χ0n) is 21.6. The third kappa shape index (κ3) is 6.27. The summed E-state index contributed by atoms with van der Waals surface area (Å²) in [5.74, 6) is 0.420. The summed E-state index contributed by atoms with van der Waals surface area (Å²) < 4.78 is 11.3. The lowest BCUT2D eigenvalue weighted by atomic mass is 9.88. The Morgan fingerprint density at radius 2 is 1.73 bits per heavy atom. The van der Waals surface area contributed by atoms with E-state index >= 15 is 0 Å². The number of pyridine rings is 1. The number of aryl methyl sites for hydroxylation is 1. The van der Waals surface area contributed by atoms with Crippen molar-refractivity contribution in [1.82, 2.24) is 15.6 Å². The van der Waals surface area contributed by atoms with Gasteiger partial charge in [0, 0.05) is 12.6 Å². The molecule has 0 radical (unpaired) electrons. The van der Waals surface area contributed by atoms with E-state index in [1.807, 2.05) is 6.92 Å². The van der Waals surface area contributed by atoms with Crippen LogP contribution < -0.4 is 15.4 Å². The van der Waals surface area contributed by atoms with E-state index in [9.17, 15) is 4.79 Å². The number of piperidine rings is 1. The number of hydrogen-bond donors (Lipinski definition) is 2. The Kier molecular flexibility index (Phi) is 7.97. The third-order valence-corrected chi connectivity index (χ3v) is 7.11. The number of benzene rings is 2. The van der Waals surface area contributed by atoms with Crippen LogP contribution in [0.25, 0.3) is 5.57 Å². The molecule has 5 rings (SSSR count). The fraction of sp³-hybridized carbons (Fsp3) is 0.355. The number of aromatic nitrogens is 1. The molecule has 2 saturated heterocycles. The summed E-state index contributed by atoms with van der Waals surface area (Å²) in [4.78, 5) is 17.2. The van der Waals surface area contributed by atoms with Gasteiger partial charge in [0.25, 0.3) is 5.91 Å². The molecule has 0 saturated carbocycles. The number of hydrogen-bond acceptors (Lipinski definition) is 5. The molecule has 0 spiro atoms. The SMILES string of the molecule is Cc1ccc(C(=C2CCNCC2)c2ccc([C@@H](C)NC(=O)c3cncc(O[C@@H]4CCOC4)c3)cc2)cc1. The van der Waals surface area contributed by atoms with Gasteiger partial charge in [0.05, 0.1) is 31.0 Å². The van der Waals surface area contributed by atoms with Crippen molar-refractivity contribution in [2.24, 2.45) is 0 Å². The summed E-state index contributed by atoms with van der Waals surface area (Å²) in [7, 11) is 0. The van der Waals surface area contributed by atoms with Gasteiger partial charge in [-0.15, -0.1) is 0 Å². The number of carbonyl (C=O) groups is 1. The van der Waals surface area contributed by atoms with Crippen LogP contribution in [0.1, 0.15) is 64.8 Å². The van der Waals surface area contributed by atoms with Gasteiger partial charge in [0.2, 0.25) is 0 Å². The molecule has 2 aliphatic heterocycles. The van der Waals surface area contributed by atoms with Crippen LogP contribution in [0.4, 0.5) is 0 Å². The second kappa shape index (κ2) is 11.7. The van der Waals surface area contributed by atoms with Crippen molar-refractivity contribution >= 4 is 11.5 Å². The van der Waals surface area contributed by atoms with E-state index in [1.165, 1.54) is 27.8 Å². The smallest absolute Gasteiger partial charge is 0.253 e. The summed E-state index contributed by atoms with van der Waals surface area (Å²) in [6.07, 6.45) is 6.19. The van der Waals surface area contributed by atoms with E-state index in [0.29, 0.717) is 24.5 Å². The van der Waals surface area contributed by atoms with Crippen LogP contribution >= 0.6 is 0 Å². The van der Waals surface area contributed by atoms with Crippen LogP contribution in [0.3, 0.4) is 0 Å². The largest absolute Gasteiger partial charge is 0.486 e. The molecule has 2 N–H and O–H groups in total. The van der Waals surface area contributed by atoms with E-state index in [4.69, 9.17) is 9.47 Å². The van der Waals surface area contributed by atoms with Crippen molar-refractivity contribution in [1.29, 1.82) is 0 Å². The van der Waals surface area contributed by atoms with Gasteiger partial charge < -0.3 is 20.1 Å². The minimum atomic E-state index is -0.172. The number of ether oxygens (including phenoxy) is 2. The molecule has 3 heterocycles. The van der Waals surface area contributed by atoms with Crippen molar-refractivity contribution in [3.8, 4) is 5.75 Å². The molecule has 0 aliphatic carbocycles. The first-order valence-corrected chi connectivity index (χ1v) is 13.2. The maximum atomic E-state index is 13.0. The van der Waals surface area contributed by atoms with Crippen LogP contribution in [0.2, 0.25) is 0 Å². The Bertz CT molecular complexity index is 1240.